The van der Waals surface area contributed by atoms with Crippen LogP contribution in [0.1, 0.15) is 51.1 Å². The molecular formula is C17H26F2N2. The number of piperidine rings is 1. The second-order valence-corrected chi connectivity index (χ2v) is 5.99. The molecule has 0 amide bonds. The highest BCUT2D eigenvalue weighted by atomic mass is 19.2. The minimum atomic E-state index is -0.776. The van der Waals surface area contributed by atoms with Crippen LogP contribution < -0.4 is 5.32 Å². The minimum Gasteiger partial charge on any atom is -0.313 e. The molecule has 4 heteroatoms. The third-order valence-corrected chi connectivity index (χ3v) is 4.35. The third kappa shape index (κ3) is 4.48. The number of halogens is 2. The van der Waals surface area contributed by atoms with Crippen LogP contribution in [-0.2, 0) is 0 Å². The van der Waals surface area contributed by atoms with E-state index in [1.807, 2.05) is 0 Å². The molecule has 0 aliphatic carbocycles. The van der Waals surface area contributed by atoms with E-state index in [-0.39, 0.29) is 6.04 Å². The summed E-state index contributed by atoms with van der Waals surface area (Å²) >= 11 is 0. The standard InChI is InChI=1S/C17H26F2N2/c1-3-10-21(12-15-6-4-5-9-20-15)13(2)14-7-8-16(18)17(19)11-14/h7-8,11,13,15,20H,3-6,9-10,12H2,1-2H3. The molecule has 1 aromatic carbocycles. The molecule has 0 saturated carbocycles. The number of hydrogen-bond donors (Lipinski definition) is 1. The van der Waals surface area contributed by atoms with E-state index < -0.39 is 11.6 Å². The van der Waals surface area contributed by atoms with Crippen LogP contribution in [0.25, 0.3) is 0 Å². The Hall–Kier alpha value is -1.00. The first-order valence-electron chi connectivity index (χ1n) is 8.04. The Labute approximate surface area is 126 Å². The molecule has 2 nitrogen and oxygen atoms in total. The molecule has 2 atom stereocenters. The molecule has 1 aromatic rings. The number of hydrogen-bond acceptors (Lipinski definition) is 2. The van der Waals surface area contributed by atoms with Crippen molar-refractivity contribution in [2.24, 2.45) is 0 Å². The van der Waals surface area contributed by atoms with E-state index in [2.05, 4.69) is 24.1 Å². The minimum absolute atomic E-state index is 0.101. The number of rotatable bonds is 6. The van der Waals surface area contributed by atoms with Gasteiger partial charge in [-0.3, -0.25) is 4.90 Å². The van der Waals surface area contributed by atoms with Crippen molar-refractivity contribution in [2.75, 3.05) is 19.6 Å². The molecule has 1 saturated heterocycles. The molecule has 2 unspecified atom stereocenters. The second-order valence-electron chi connectivity index (χ2n) is 5.99. The zero-order valence-corrected chi connectivity index (χ0v) is 13.0. The Morgan fingerprint density at radius 1 is 1.29 bits per heavy atom. The van der Waals surface area contributed by atoms with Crippen molar-refractivity contribution in [2.45, 2.75) is 51.6 Å². The summed E-state index contributed by atoms with van der Waals surface area (Å²) in [4.78, 5) is 2.37. The molecule has 1 heterocycles. The molecule has 1 aliphatic heterocycles. The van der Waals surface area contributed by atoms with Gasteiger partial charge in [0, 0.05) is 18.6 Å². The Bertz CT molecular complexity index is 444. The van der Waals surface area contributed by atoms with Gasteiger partial charge >= 0.3 is 0 Å². The van der Waals surface area contributed by atoms with Crippen LogP contribution in [0.3, 0.4) is 0 Å². The number of benzene rings is 1. The first-order chi connectivity index (χ1) is 10.1. The first kappa shape index (κ1) is 16.4. The first-order valence-corrected chi connectivity index (χ1v) is 8.04. The Kier molecular flexibility index (Phi) is 6.12. The highest BCUT2D eigenvalue weighted by Crippen LogP contribution is 2.23. The van der Waals surface area contributed by atoms with E-state index in [4.69, 9.17) is 0 Å². The quantitative estimate of drug-likeness (QED) is 0.857. The van der Waals surface area contributed by atoms with Crippen molar-refractivity contribution in [3.05, 3.63) is 35.4 Å². The normalized spacial score (nSPS) is 20.7. The van der Waals surface area contributed by atoms with Crippen LogP contribution in [0.15, 0.2) is 18.2 Å². The summed E-state index contributed by atoms with van der Waals surface area (Å²) in [6.07, 6.45) is 4.78. The van der Waals surface area contributed by atoms with Gasteiger partial charge in [0.2, 0.25) is 0 Å². The van der Waals surface area contributed by atoms with E-state index in [1.54, 1.807) is 6.07 Å². The average Bonchev–Trinajstić information content (AvgIpc) is 2.50. The van der Waals surface area contributed by atoms with Crippen LogP contribution in [0, 0.1) is 11.6 Å². The van der Waals surface area contributed by atoms with Crippen LogP contribution in [-0.4, -0.2) is 30.6 Å². The van der Waals surface area contributed by atoms with Gasteiger partial charge in [0.25, 0.3) is 0 Å². The summed E-state index contributed by atoms with van der Waals surface area (Å²) in [6, 6.07) is 4.86. The maximum atomic E-state index is 13.4. The SMILES string of the molecule is CCCN(CC1CCCCN1)C(C)c1ccc(F)c(F)c1. The highest BCUT2D eigenvalue weighted by molar-refractivity contribution is 5.21. The summed E-state index contributed by atoms with van der Waals surface area (Å²) in [7, 11) is 0. The van der Waals surface area contributed by atoms with E-state index in [1.165, 1.54) is 31.4 Å². The lowest BCUT2D eigenvalue weighted by atomic mass is 10.0. The lowest BCUT2D eigenvalue weighted by molar-refractivity contribution is 0.175. The lowest BCUT2D eigenvalue weighted by Crippen LogP contribution is -2.44. The van der Waals surface area contributed by atoms with Gasteiger partial charge < -0.3 is 5.32 Å². The summed E-state index contributed by atoms with van der Waals surface area (Å²) in [5.74, 6) is -1.53. The fraction of sp³-hybridized carbons (Fsp3) is 0.647. The van der Waals surface area contributed by atoms with Crippen molar-refractivity contribution < 1.29 is 8.78 Å². The molecule has 0 bridgehead atoms. The van der Waals surface area contributed by atoms with Gasteiger partial charge in [0.15, 0.2) is 11.6 Å². The average molecular weight is 296 g/mol. The predicted octanol–water partition coefficient (Wildman–Crippen LogP) is 3.88. The Morgan fingerprint density at radius 3 is 2.71 bits per heavy atom. The molecule has 0 spiro atoms. The van der Waals surface area contributed by atoms with Gasteiger partial charge in [-0.15, -0.1) is 0 Å². The molecule has 1 N–H and O–H groups in total. The highest BCUT2D eigenvalue weighted by Gasteiger charge is 2.21. The van der Waals surface area contributed by atoms with Gasteiger partial charge in [0.05, 0.1) is 0 Å². The lowest BCUT2D eigenvalue weighted by Gasteiger charge is -2.34. The van der Waals surface area contributed by atoms with Gasteiger partial charge in [-0.25, -0.2) is 8.78 Å². The van der Waals surface area contributed by atoms with E-state index in [9.17, 15) is 8.78 Å². The predicted molar refractivity (Wildman–Crippen MR) is 82.3 cm³/mol. The fourth-order valence-corrected chi connectivity index (χ4v) is 3.08. The van der Waals surface area contributed by atoms with E-state index in [0.29, 0.717) is 6.04 Å². The Morgan fingerprint density at radius 2 is 2.10 bits per heavy atom. The second kappa shape index (κ2) is 7.85. The van der Waals surface area contributed by atoms with Crippen molar-refractivity contribution in [1.29, 1.82) is 0 Å². The molecule has 1 aliphatic rings. The van der Waals surface area contributed by atoms with E-state index in [0.717, 1.165) is 31.6 Å². The number of nitrogens with one attached hydrogen (secondary N) is 1. The maximum Gasteiger partial charge on any atom is 0.159 e. The smallest absolute Gasteiger partial charge is 0.159 e. The molecule has 0 radical (unpaired) electrons. The van der Waals surface area contributed by atoms with Crippen LogP contribution >= 0.6 is 0 Å². The van der Waals surface area contributed by atoms with Crippen molar-refractivity contribution in [3.63, 3.8) is 0 Å². The fourth-order valence-electron chi connectivity index (χ4n) is 3.08. The monoisotopic (exact) mass is 296 g/mol. The summed E-state index contributed by atoms with van der Waals surface area (Å²) in [6.45, 7) is 7.25. The molecular weight excluding hydrogens is 270 g/mol. The van der Waals surface area contributed by atoms with Crippen molar-refractivity contribution in [1.82, 2.24) is 10.2 Å². The van der Waals surface area contributed by atoms with Gasteiger partial charge in [-0.2, -0.15) is 0 Å². The number of nitrogens with zero attached hydrogens (tertiary/aromatic N) is 1. The Balaban J connectivity index is 2.06. The molecule has 118 valence electrons. The van der Waals surface area contributed by atoms with Gasteiger partial charge in [0.1, 0.15) is 0 Å². The largest absolute Gasteiger partial charge is 0.313 e. The van der Waals surface area contributed by atoms with Crippen LogP contribution in [0.2, 0.25) is 0 Å². The third-order valence-electron chi connectivity index (χ3n) is 4.35. The molecule has 1 fully saturated rings. The molecule has 2 rings (SSSR count). The summed E-state index contributed by atoms with van der Waals surface area (Å²) < 4.78 is 26.5. The van der Waals surface area contributed by atoms with Crippen LogP contribution in [0.4, 0.5) is 8.78 Å². The zero-order valence-electron chi connectivity index (χ0n) is 13.0. The summed E-state index contributed by atoms with van der Waals surface area (Å²) in [5.41, 5.74) is 0.846. The van der Waals surface area contributed by atoms with Gasteiger partial charge in [-0.1, -0.05) is 19.4 Å². The maximum absolute atomic E-state index is 13.4. The van der Waals surface area contributed by atoms with Crippen molar-refractivity contribution in [3.8, 4) is 0 Å². The zero-order chi connectivity index (χ0) is 15.2. The summed E-state index contributed by atoms with van der Waals surface area (Å²) in [5, 5.41) is 3.56. The van der Waals surface area contributed by atoms with Crippen LogP contribution in [0.5, 0.6) is 0 Å². The molecule has 0 aromatic heterocycles. The van der Waals surface area contributed by atoms with Crippen molar-refractivity contribution >= 4 is 0 Å². The molecule has 21 heavy (non-hydrogen) atoms. The van der Waals surface area contributed by atoms with Gasteiger partial charge in [-0.05, 0) is 57.0 Å². The van der Waals surface area contributed by atoms with E-state index >= 15 is 0 Å². The topological polar surface area (TPSA) is 15.3 Å².